The fourth-order valence-corrected chi connectivity index (χ4v) is 3.62. The Balaban J connectivity index is 0.00000300. The van der Waals surface area contributed by atoms with Gasteiger partial charge in [-0.1, -0.05) is 24.9 Å². The van der Waals surface area contributed by atoms with Gasteiger partial charge in [0, 0.05) is 23.0 Å². The molecule has 29 heavy (non-hydrogen) atoms. The normalized spacial score (nSPS) is 11.4. The zero-order valence-corrected chi connectivity index (χ0v) is 18.8. The first-order valence-corrected chi connectivity index (χ1v) is 10.3. The highest BCUT2D eigenvalue weighted by atomic mass is 35.5. The number of anilines is 2. The molecule has 0 saturated heterocycles. The minimum absolute atomic E-state index is 0. The van der Waals surface area contributed by atoms with Crippen LogP contribution in [0.3, 0.4) is 0 Å². The molecule has 154 valence electrons. The van der Waals surface area contributed by atoms with Crippen LogP contribution in [-0.4, -0.2) is 20.9 Å². The highest BCUT2D eigenvalue weighted by molar-refractivity contribution is 7.11. The van der Waals surface area contributed by atoms with Crippen molar-refractivity contribution in [3.8, 4) is 0 Å². The van der Waals surface area contributed by atoms with Gasteiger partial charge in [-0.2, -0.15) is 0 Å². The van der Waals surface area contributed by atoms with Gasteiger partial charge in [0.1, 0.15) is 5.82 Å². The van der Waals surface area contributed by atoms with E-state index in [0.29, 0.717) is 15.8 Å². The maximum Gasteiger partial charge on any atom is 0.280 e. The Morgan fingerprint density at radius 3 is 2.59 bits per heavy atom. The van der Waals surface area contributed by atoms with Gasteiger partial charge in [0.2, 0.25) is 0 Å². The van der Waals surface area contributed by atoms with Gasteiger partial charge < -0.3 is 10.6 Å². The Kier molecular flexibility index (Phi) is 8.37. The number of amides is 1. The molecule has 0 radical (unpaired) electrons. The predicted molar refractivity (Wildman–Crippen MR) is 121 cm³/mol. The van der Waals surface area contributed by atoms with Gasteiger partial charge in [0.05, 0.1) is 22.9 Å². The smallest absolute Gasteiger partial charge is 0.280 e. The number of nitrogens with one attached hydrogen (secondary N) is 2. The number of halogens is 2. The van der Waals surface area contributed by atoms with Gasteiger partial charge in [-0.15, -0.1) is 23.7 Å². The molecule has 0 aliphatic heterocycles. The molecule has 6 nitrogen and oxygen atoms in total. The zero-order valence-electron chi connectivity index (χ0n) is 16.4. The molecule has 0 unspecified atom stereocenters. The topological polar surface area (TPSA) is 79.8 Å². The second-order valence-electron chi connectivity index (χ2n) is 6.52. The fraction of sp³-hybridized carbons (Fsp3) is 0.300. The van der Waals surface area contributed by atoms with Crippen LogP contribution in [0.1, 0.15) is 52.6 Å². The van der Waals surface area contributed by atoms with Gasteiger partial charge in [0.25, 0.3) is 5.91 Å². The molecule has 0 saturated carbocycles. The Morgan fingerprint density at radius 1 is 1.21 bits per heavy atom. The van der Waals surface area contributed by atoms with E-state index in [2.05, 4.69) is 32.5 Å². The van der Waals surface area contributed by atoms with Crippen molar-refractivity contribution >= 4 is 52.8 Å². The van der Waals surface area contributed by atoms with E-state index in [1.54, 1.807) is 12.4 Å². The highest BCUT2D eigenvalue weighted by Gasteiger charge is 2.19. The number of thiazole rings is 1. The van der Waals surface area contributed by atoms with Crippen molar-refractivity contribution in [1.82, 2.24) is 20.3 Å². The maximum absolute atomic E-state index is 12.5. The third-order valence-corrected chi connectivity index (χ3v) is 5.38. The van der Waals surface area contributed by atoms with Crippen molar-refractivity contribution < 1.29 is 4.79 Å². The Bertz CT molecular complexity index is 962. The maximum atomic E-state index is 12.5. The molecular weight excluding hydrogens is 429 g/mol. The number of aryl methyl sites for hydroxylation is 2. The minimum Gasteiger partial charge on any atom is -0.343 e. The van der Waals surface area contributed by atoms with Crippen LogP contribution in [-0.2, 0) is 0 Å². The van der Waals surface area contributed by atoms with Crippen LogP contribution in [0.5, 0.6) is 0 Å². The quantitative estimate of drug-likeness (QED) is 0.485. The second-order valence-corrected chi connectivity index (χ2v) is 7.79. The van der Waals surface area contributed by atoms with Crippen molar-refractivity contribution in [2.45, 2.75) is 39.7 Å². The van der Waals surface area contributed by atoms with Crippen molar-refractivity contribution in [1.29, 1.82) is 0 Å². The average Bonchev–Trinajstić information content (AvgIpc) is 3.11. The lowest BCUT2D eigenvalue weighted by Crippen LogP contribution is -2.28. The molecule has 0 aromatic carbocycles. The monoisotopic (exact) mass is 451 g/mol. The van der Waals surface area contributed by atoms with Crippen LogP contribution in [0, 0.1) is 13.8 Å². The van der Waals surface area contributed by atoms with Crippen molar-refractivity contribution in [3.05, 3.63) is 63.0 Å². The summed E-state index contributed by atoms with van der Waals surface area (Å²) in [5.74, 6) is 0.369. The van der Waals surface area contributed by atoms with Crippen molar-refractivity contribution in [3.63, 3.8) is 0 Å². The summed E-state index contributed by atoms with van der Waals surface area (Å²) in [5.41, 5.74) is 3.45. The lowest BCUT2D eigenvalue weighted by molar-refractivity contribution is 0.0934. The average molecular weight is 452 g/mol. The molecule has 0 fully saturated rings. The van der Waals surface area contributed by atoms with E-state index in [0.717, 1.165) is 35.5 Å². The van der Waals surface area contributed by atoms with Gasteiger partial charge in [-0.25, -0.2) is 9.97 Å². The van der Waals surface area contributed by atoms with Crippen LogP contribution >= 0.6 is 35.3 Å². The summed E-state index contributed by atoms with van der Waals surface area (Å²) in [6.45, 7) is 5.87. The fourth-order valence-electron chi connectivity index (χ4n) is 2.70. The predicted octanol–water partition coefficient (Wildman–Crippen LogP) is 5.64. The van der Waals surface area contributed by atoms with Crippen molar-refractivity contribution in [2.75, 3.05) is 5.32 Å². The molecule has 9 heteroatoms. The summed E-state index contributed by atoms with van der Waals surface area (Å²) in [4.78, 5) is 25.5. The number of hydrogen-bond donors (Lipinski definition) is 2. The van der Waals surface area contributed by atoms with Gasteiger partial charge in [-0.3, -0.25) is 9.78 Å². The molecule has 0 bridgehead atoms. The third kappa shape index (κ3) is 6.13. The Hall–Kier alpha value is -2.22. The first-order valence-electron chi connectivity index (χ1n) is 9.04. The van der Waals surface area contributed by atoms with Crippen molar-refractivity contribution in [2.24, 2.45) is 0 Å². The van der Waals surface area contributed by atoms with E-state index in [1.165, 1.54) is 11.3 Å². The van der Waals surface area contributed by atoms with E-state index in [-0.39, 0.29) is 24.4 Å². The molecule has 0 spiro atoms. The SMILES string of the molecule is CCC[C@@H](NC(=O)c1nc(C)cs1)c1cnc(Nc2ccc(C)nc2)c(Cl)c1.Cl. The number of nitrogens with zero attached hydrogens (tertiary/aromatic N) is 3. The molecule has 3 heterocycles. The van der Waals surface area contributed by atoms with Gasteiger partial charge in [-0.05, 0) is 44.0 Å². The first kappa shape index (κ1) is 23.1. The Morgan fingerprint density at radius 2 is 2.00 bits per heavy atom. The first-order chi connectivity index (χ1) is 13.5. The number of carbonyl (C=O) groups is 1. The summed E-state index contributed by atoms with van der Waals surface area (Å²) < 4.78 is 0. The molecule has 2 N–H and O–H groups in total. The zero-order chi connectivity index (χ0) is 20.1. The van der Waals surface area contributed by atoms with E-state index < -0.39 is 0 Å². The molecule has 3 aromatic heterocycles. The Labute approximate surface area is 185 Å². The second kappa shape index (κ2) is 10.5. The third-order valence-electron chi connectivity index (χ3n) is 4.13. The number of aromatic nitrogens is 3. The number of pyridine rings is 2. The van der Waals surface area contributed by atoms with Gasteiger partial charge >= 0.3 is 0 Å². The lowest BCUT2D eigenvalue weighted by atomic mass is 10.0. The van der Waals surface area contributed by atoms with Crippen LogP contribution in [0.15, 0.2) is 36.0 Å². The summed E-state index contributed by atoms with van der Waals surface area (Å²) in [6.07, 6.45) is 5.16. The molecule has 0 aliphatic rings. The molecule has 1 amide bonds. The van der Waals surface area contributed by atoms with Crippen LogP contribution in [0.25, 0.3) is 0 Å². The molecule has 3 aromatic rings. The molecular formula is C20H23Cl2N5OS. The molecule has 0 aliphatic carbocycles. The van der Waals surface area contributed by atoms with E-state index in [4.69, 9.17) is 11.6 Å². The summed E-state index contributed by atoms with van der Waals surface area (Å²) in [6, 6.07) is 5.50. The number of rotatable bonds is 7. The van der Waals surface area contributed by atoms with Crippen LogP contribution < -0.4 is 10.6 Å². The summed E-state index contributed by atoms with van der Waals surface area (Å²) in [7, 11) is 0. The molecule has 3 rings (SSSR count). The summed E-state index contributed by atoms with van der Waals surface area (Å²) in [5, 5.41) is 9.02. The summed E-state index contributed by atoms with van der Waals surface area (Å²) >= 11 is 7.78. The van der Waals surface area contributed by atoms with E-state index >= 15 is 0 Å². The molecule has 1 atom stereocenters. The number of carbonyl (C=O) groups excluding carboxylic acids is 1. The van der Waals surface area contributed by atoms with Gasteiger partial charge in [0.15, 0.2) is 5.01 Å². The van der Waals surface area contributed by atoms with E-state index in [1.807, 2.05) is 37.4 Å². The minimum atomic E-state index is -0.180. The standard InChI is InChI=1S/C20H22ClN5OS.ClH/c1-4-5-17(26-19(27)20-24-13(3)11-28-20)14-8-16(21)18(23-9-14)25-15-7-6-12(2)22-10-15;/h6-11,17H,4-5H2,1-3H3,(H,23,25)(H,26,27);1H/t17-;/m1./s1. The lowest BCUT2D eigenvalue weighted by Gasteiger charge is -2.19. The largest absolute Gasteiger partial charge is 0.343 e. The van der Waals surface area contributed by atoms with Crippen LogP contribution in [0.4, 0.5) is 11.5 Å². The number of hydrogen-bond acceptors (Lipinski definition) is 6. The van der Waals surface area contributed by atoms with Crippen LogP contribution in [0.2, 0.25) is 5.02 Å². The highest BCUT2D eigenvalue weighted by Crippen LogP contribution is 2.28. The van der Waals surface area contributed by atoms with E-state index in [9.17, 15) is 4.79 Å².